The van der Waals surface area contributed by atoms with Crippen LogP contribution in [0.1, 0.15) is 13.8 Å². The van der Waals surface area contributed by atoms with E-state index < -0.39 is 17.9 Å². The summed E-state index contributed by atoms with van der Waals surface area (Å²) in [7, 11) is 0. The van der Waals surface area contributed by atoms with Crippen molar-refractivity contribution in [3.05, 3.63) is 24.3 Å². The first-order chi connectivity index (χ1) is 7.84. The molecule has 0 heterocycles. The van der Waals surface area contributed by atoms with Gasteiger partial charge in [-0.2, -0.15) is 5.26 Å². The lowest BCUT2D eigenvalue weighted by molar-refractivity contribution is -0.228. The molecule has 0 aliphatic rings. The van der Waals surface area contributed by atoms with Gasteiger partial charge >= 0.3 is 17.9 Å². The van der Waals surface area contributed by atoms with Crippen LogP contribution in [0, 0.1) is 0 Å². The van der Waals surface area contributed by atoms with Gasteiger partial charge < -0.3 is 9.84 Å². The second-order valence-electron chi connectivity index (χ2n) is 2.58. The monoisotopic (exact) mass is 246 g/mol. The van der Waals surface area contributed by atoms with Crippen LogP contribution in [-0.2, 0) is 24.0 Å². The van der Waals surface area contributed by atoms with Crippen molar-refractivity contribution in [2.45, 2.75) is 13.8 Å². The zero-order valence-electron chi connectivity index (χ0n) is 9.50. The van der Waals surface area contributed by atoms with E-state index in [1.54, 1.807) is 6.92 Å². The van der Waals surface area contributed by atoms with E-state index in [-0.39, 0.29) is 12.2 Å². The number of hydrogen-bond donors (Lipinski definition) is 2. The van der Waals surface area contributed by atoms with Crippen molar-refractivity contribution in [3.63, 3.8) is 0 Å². The molecule has 7 heteroatoms. The molecule has 0 aromatic rings. The summed E-state index contributed by atoms with van der Waals surface area (Å²) in [6.45, 7) is 6.47. The third-order valence-electron chi connectivity index (χ3n) is 1.10. The first-order valence-electron chi connectivity index (χ1n) is 4.44. The Morgan fingerprint density at radius 1 is 1.24 bits per heavy atom. The number of rotatable bonds is 4. The van der Waals surface area contributed by atoms with Gasteiger partial charge in [-0.1, -0.05) is 6.58 Å². The highest BCUT2D eigenvalue weighted by Gasteiger charge is 1.97. The smallest absolute Gasteiger partial charge is 0.365 e. The van der Waals surface area contributed by atoms with Crippen molar-refractivity contribution in [2.24, 2.45) is 0 Å². The van der Waals surface area contributed by atoms with E-state index in [4.69, 9.17) is 10.4 Å². The fourth-order valence-electron chi connectivity index (χ4n) is 0.357. The molecule has 0 unspecified atom stereocenters. The molecule has 0 aromatic heterocycles. The van der Waals surface area contributed by atoms with E-state index in [1.165, 1.54) is 6.92 Å². The summed E-state index contributed by atoms with van der Waals surface area (Å²) in [5.41, 5.74) is 0.176. The van der Waals surface area contributed by atoms with E-state index in [2.05, 4.69) is 16.2 Å². The minimum Gasteiger partial charge on any atom is -0.478 e. The van der Waals surface area contributed by atoms with Gasteiger partial charge in [0.25, 0.3) is 0 Å². The molecular formula is C10H14O7. The summed E-state index contributed by atoms with van der Waals surface area (Å²) < 4.78 is 4.42. The van der Waals surface area contributed by atoms with E-state index in [0.717, 1.165) is 12.2 Å². The molecule has 0 bridgehead atoms. The van der Waals surface area contributed by atoms with Crippen LogP contribution in [0.5, 0.6) is 0 Å². The maximum Gasteiger partial charge on any atom is 0.365 e. The SMILES string of the molecule is C=C(C)C(=O)O.CCOC(=O)/C=C\C(=O)OO. The van der Waals surface area contributed by atoms with Crippen molar-refractivity contribution in [3.8, 4) is 0 Å². The molecule has 7 nitrogen and oxygen atoms in total. The lowest BCUT2D eigenvalue weighted by atomic mass is 10.4. The van der Waals surface area contributed by atoms with Crippen molar-refractivity contribution in [1.82, 2.24) is 0 Å². The highest BCUT2D eigenvalue weighted by molar-refractivity contribution is 5.91. The number of hydrogen-bond acceptors (Lipinski definition) is 6. The van der Waals surface area contributed by atoms with Gasteiger partial charge in [-0.3, -0.25) is 4.89 Å². The number of esters is 1. The zero-order valence-corrected chi connectivity index (χ0v) is 9.50. The van der Waals surface area contributed by atoms with Crippen LogP contribution in [0.25, 0.3) is 0 Å². The first kappa shape index (κ1) is 17.3. The van der Waals surface area contributed by atoms with E-state index in [1.807, 2.05) is 0 Å². The zero-order chi connectivity index (χ0) is 13.8. The Morgan fingerprint density at radius 2 is 1.65 bits per heavy atom. The molecule has 0 amide bonds. The fourth-order valence-corrected chi connectivity index (χ4v) is 0.357. The Hall–Kier alpha value is -2.15. The number of carboxylic acids is 1. The lowest BCUT2D eigenvalue weighted by Gasteiger charge is -1.92. The quantitative estimate of drug-likeness (QED) is 0.326. The van der Waals surface area contributed by atoms with Crippen LogP contribution in [0.15, 0.2) is 24.3 Å². The highest BCUT2D eigenvalue weighted by atomic mass is 17.1. The van der Waals surface area contributed by atoms with Crippen molar-refractivity contribution in [2.75, 3.05) is 6.61 Å². The van der Waals surface area contributed by atoms with E-state index in [0.29, 0.717) is 0 Å². The molecule has 0 aliphatic carbocycles. The molecule has 17 heavy (non-hydrogen) atoms. The third kappa shape index (κ3) is 13.9. The van der Waals surface area contributed by atoms with Gasteiger partial charge in [0.1, 0.15) is 0 Å². The summed E-state index contributed by atoms with van der Waals surface area (Å²) in [6.07, 6.45) is 1.63. The standard InChI is InChI=1S/C6H8O5.C4H6O2/c1-2-10-5(7)3-4-6(8)11-9;1-3(2)4(5)6/h3-4,9H,2H2,1H3;1H2,2H3,(H,5,6)/b4-3-;. The predicted octanol–water partition coefficient (Wildman–Crippen LogP) is 0.769. The summed E-state index contributed by atoms with van der Waals surface area (Å²) in [4.78, 5) is 33.5. The number of carbonyl (C=O) groups is 3. The van der Waals surface area contributed by atoms with Crippen molar-refractivity contribution >= 4 is 17.9 Å². The molecule has 0 saturated heterocycles. The van der Waals surface area contributed by atoms with Gasteiger partial charge in [-0.15, -0.1) is 0 Å². The third-order valence-corrected chi connectivity index (χ3v) is 1.10. The Bertz CT molecular complexity index is 305. The van der Waals surface area contributed by atoms with Gasteiger partial charge in [0, 0.05) is 17.7 Å². The summed E-state index contributed by atoms with van der Waals surface area (Å²) in [5.74, 6) is -2.61. The second-order valence-corrected chi connectivity index (χ2v) is 2.58. The van der Waals surface area contributed by atoms with Gasteiger partial charge in [0.05, 0.1) is 6.61 Å². The molecule has 0 saturated carbocycles. The number of carboxylic acid groups (broad SMARTS) is 1. The highest BCUT2D eigenvalue weighted by Crippen LogP contribution is 1.82. The predicted molar refractivity (Wildman–Crippen MR) is 56.9 cm³/mol. The molecule has 0 radical (unpaired) electrons. The average molecular weight is 246 g/mol. The fraction of sp³-hybridized carbons (Fsp3) is 0.300. The Balaban J connectivity index is 0. The van der Waals surface area contributed by atoms with Crippen LogP contribution in [0.3, 0.4) is 0 Å². The molecule has 0 fully saturated rings. The number of ether oxygens (including phenoxy) is 1. The Morgan fingerprint density at radius 3 is 1.94 bits per heavy atom. The van der Waals surface area contributed by atoms with Crippen molar-refractivity contribution < 1.29 is 34.4 Å². The van der Waals surface area contributed by atoms with Gasteiger partial charge in [-0.25, -0.2) is 14.4 Å². The summed E-state index contributed by atoms with van der Waals surface area (Å²) in [6, 6.07) is 0. The van der Waals surface area contributed by atoms with Crippen LogP contribution < -0.4 is 0 Å². The van der Waals surface area contributed by atoms with Gasteiger partial charge in [-0.05, 0) is 13.8 Å². The molecule has 0 spiro atoms. The summed E-state index contributed by atoms with van der Waals surface area (Å²) >= 11 is 0. The first-order valence-corrected chi connectivity index (χ1v) is 4.44. The molecule has 0 aliphatic heterocycles. The van der Waals surface area contributed by atoms with E-state index >= 15 is 0 Å². The lowest BCUT2D eigenvalue weighted by Crippen LogP contribution is -2.02. The molecule has 0 aromatic carbocycles. The maximum atomic E-state index is 10.5. The summed E-state index contributed by atoms with van der Waals surface area (Å²) in [5, 5.41) is 15.6. The molecular weight excluding hydrogens is 232 g/mol. The minimum absolute atomic E-state index is 0.176. The van der Waals surface area contributed by atoms with Gasteiger partial charge in [0.2, 0.25) is 0 Å². The second kappa shape index (κ2) is 10.4. The topological polar surface area (TPSA) is 110 Å². The molecule has 96 valence electrons. The number of carbonyl (C=O) groups excluding carboxylic acids is 2. The van der Waals surface area contributed by atoms with E-state index in [9.17, 15) is 14.4 Å². The largest absolute Gasteiger partial charge is 0.478 e. The average Bonchev–Trinajstić information content (AvgIpc) is 2.27. The molecule has 0 rings (SSSR count). The van der Waals surface area contributed by atoms with Crippen LogP contribution in [0.4, 0.5) is 0 Å². The van der Waals surface area contributed by atoms with Crippen molar-refractivity contribution in [1.29, 1.82) is 0 Å². The minimum atomic E-state index is -1.02. The van der Waals surface area contributed by atoms with Crippen LogP contribution in [-0.4, -0.2) is 34.9 Å². The molecule has 0 atom stereocenters. The normalized spacial score (nSPS) is 8.88. The Labute approximate surface area is 97.9 Å². The maximum absolute atomic E-state index is 10.5. The number of aliphatic carboxylic acids is 1. The van der Waals surface area contributed by atoms with Crippen LogP contribution >= 0.6 is 0 Å². The Kier molecular flexibility index (Phi) is 10.5. The van der Waals surface area contributed by atoms with Gasteiger partial charge in [0.15, 0.2) is 0 Å². The molecule has 2 N–H and O–H groups in total. The van der Waals surface area contributed by atoms with Crippen LogP contribution in [0.2, 0.25) is 0 Å².